The lowest BCUT2D eigenvalue weighted by atomic mass is 10.3. The second kappa shape index (κ2) is 16.9. The standard InChI is InChI=1S/C19H34N4O3.HI/c1-20-19(22-12-14-23(2)13-6-15-24-3)21-11-5-16-26-18-9-7-17(25-4)8-10-18;/h7-10H,5-6,11-16H2,1-4H3,(H2,20,21,22);1H. The molecule has 0 saturated carbocycles. The normalized spacial score (nSPS) is 11.1. The van der Waals surface area contributed by atoms with Crippen molar-refractivity contribution in [1.29, 1.82) is 0 Å². The number of halogens is 1. The van der Waals surface area contributed by atoms with Crippen molar-refractivity contribution >= 4 is 29.9 Å². The highest BCUT2D eigenvalue weighted by atomic mass is 127. The minimum atomic E-state index is 0. The highest BCUT2D eigenvalue weighted by molar-refractivity contribution is 14.0. The minimum absolute atomic E-state index is 0. The second-order valence-electron chi connectivity index (χ2n) is 5.95. The van der Waals surface area contributed by atoms with Crippen LogP contribution in [0, 0.1) is 0 Å². The topological polar surface area (TPSA) is 67.4 Å². The van der Waals surface area contributed by atoms with Crippen molar-refractivity contribution in [2.45, 2.75) is 12.8 Å². The van der Waals surface area contributed by atoms with E-state index in [0.717, 1.165) is 63.1 Å². The number of aliphatic imine (C=N–C) groups is 1. The lowest BCUT2D eigenvalue weighted by molar-refractivity contribution is 0.180. The van der Waals surface area contributed by atoms with Crippen LogP contribution in [0.5, 0.6) is 11.5 Å². The fourth-order valence-electron chi connectivity index (χ4n) is 2.32. The number of benzene rings is 1. The molecule has 7 nitrogen and oxygen atoms in total. The number of hydrogen-bond acceptors (Lipinski definition) is 5. The van der Waals surface area contributed by atoms with Gasteiger partial charge in [0.1, 0.15) is 11.5 Å². The van der Waals surface area contributed by atoms with Gasteiger partial charge in [0, 0.05) is 46.9 Å². The molecule has 156 valence electrons. The van der Waals surface area contributed by atoms with Crippen LogP contribution in [0.4, 0.5) is 0 Å². The van der Waals surface area contributed by atoms with E-state index in [4.69, 9.17) is 14.2 Å². The number of ether oxygens (including phenoxy) is 3. The third-order valence-electron chi connectivity index (χ3n) is 3.84. The van der Waals surface area contributed by atoms with Gasteiger partial charge in [-0.15, -0.1) is 24.0 Å². The summed E-state index contributed by atoms with van der Waals surface area (Å²) >= 11 is 0. The molecule has 0 fully saturated rings. The Balaban J connectivity index is 0.00000676. The summed E-state index contributed by atoms with van der Waals surface area (Å²) in [6.07, 6.45) is 1.94. The molecule has 0 aliphatic rings. The molecule has 8 heteroatoms. The van der Waals surface area contributed by atoms with E-state index in [1.165, 1.54) is 0 Å². The van der Waals surface area contributed by atoms with Gasteiger partial charge in [0.15, 0.2) is 5.96 Å². The van der Waals surface area contributed by atoms with Crippen molar-refractivity contribution in [2.75, 3.05) is 67.7 Å². The average molecular weight is 494 g/mol. The lowest BCUT2D eigenvalue weighted by Crippen LogP contribution is -2.41. The molecule has 0 radical (unpaired) electrons. The van der Waals surface area contributed by atoms with E-state index in [1.807, 2.05) is 24.3 Å². The molecule has 0 saturated heterocycles. The number of nitrogens with one attached hydrogen (secondary N) is 2. The molecule has 0 aliphatic carbocycles. The van der Waals surface area contributed by atoms with E-state index in [0.29, 0.717) is 6.61 Å². The van der Waals surface area contributed by atoms with E-state index in [-0.39, 0.29) is 24.0 Å². The first kappa shape index (κ1) is 25.7. The van der Waals surface area contributed by atoms with Gasteiger partial charge >= 0.3 is 0 Å². The van der Waals surface area contributed by atoms with Gasteiger partial charge in [0.05, 0.1) is 13.7 Å². The molecule has 0 bridgehead atoms. The van der Waals surface area contributed by atoms with Crippen molar-refractivity contribution in [2.24, 2.45) is 4.99 Å². The molecule has 2 N–H and O–H groups in total. The van der Waals surface area contributed by atoms with Crippen LogP contribution < -0.4 is 20.1 Å². The number of nitrogens with zero attached hydrogens (tertiary/aromatic N) is 2. The molecule has 0 unspecified atom stereocenters. The molecule has 1 aromatic rings. The fourth-order valence-corrected chi connectivity index (χ4v) is 2.32. The first-order chi connectivity index (χ1) is 12.7. The van der Waals surface area contributed by atoms with Gasteiger partial charge in [-0.2, -0.15) is 0 Å². The third kappa shape index (κ3) is 12.7. The average Bonchev–Trinajstić information content (AvgIpc) is 2.67. The number of methoxy groups -OCH3 is 2. The smallest absolute Gasteiger partial charge is 0.191 e. The predicted molar refractivity (Wildman–Crippen MR) is 122 cm³/mol. The number of rotatable bonds is 13. The van der Waals surface area contributed by atoms with Gasteiger partial charge in [-0.25, -0.2) is 0 Å². The summed E-state index contributed by atoms with van der Waals surface area (Å²) in [4.78, 5) is 6.52. The Morgan fingerprint density at radius 1 is 0.963 bits per heavy atom. The zero-order chi connectivity index (χ0) is 19.0. The van der Waals surface area contributed by atoms with Crippen LogP contribution in [0.1, 0.15) is 12.8 Å². The summed E-state index contributed by atoms with van der Waals surface area (Å²) in [5, 5.41) is 6.62. The second-order valence-corrected chi connectivity index (χ2v) is 5.95. The van der Waals surface area contributed by atoms with Gasteiger partial charge in [0.25, 0.3) is 0 Å². The Labute approximate surface area is 180 Å². The minimum Gasteiger partial charge on any atom is -0.497 e. The van der Waals surface area contributed by atoms with Crippen molar-refractivity contribution < 1.29 is 14.2 Å². The van der Waals surface area contributed by atoms with E-state index in [1.54, 1.807) is 21.3 Å². The Bertz CT molecular complexity index is 500. The summed E-state index contributed by atoms with van der Waals surface area (Å²) in [7, 11) is 7.29. The maximum atomic E-state index is 5.71. The first-order valence-electron chi connectivity index (χ1n) is 9.08. The third-order valence-corrected chi connectivity index (χ3v) is 3.84. The fraction of sp³-hybridized carbons (Fsp3) is 0.632. The molecular weight excluding hydrogens is 459 g/mol. The van der Waals surface area contributed by atoms with Crippen LogP contribution in [0.15, 0.2) is 29.3 Å². The Morgan fingerprint density at radius 3 is 2.26 bits per heavy atom. The van der Waals surface area contributed by atoms with Gasteiger partial charge in [-0.1, -0.05) is 0 Å². The molecule has 27 heavy (non-hydrogen) atoms. The van der Waals surface area contributed by atoms with Gasteiger partial charge in [-0.05, 0) is 44.2 Å². The van der Waals surface area contributed by atoms with Crippen LogP contribution in [-0.2, 0) is 4.74 Å². The van der Waals surface area contributed by atoms with E-state index < -0.39 is 0 Å². The molecule has 1 aromatic carbocycles. The predicted octanol–water partition coefficient (Wildman–Crippen LogP) is 2.22. The molecule has 0 heterocycles. The highest BCUT2D eigenvalue weighted by Gasteiger charge is 2.01. The maximum absolute atomic E-state index is 5.71. The van der Waals surface area contributed by atoms with Crippen molar-refractivity contribution in [3.8, 4) is 11.5 Å². The summed E-state index contributed by atoms with van der Waals surface area (Å²) < 4.78 is 15.9. The molecule has 0 spiro atoms. The monoisotopic (exact) mass is 494 g/mol. The van der Waals surface area contributed by atoms with Crippen molar-refractivity contribution in [3.05, 3.63) is 24.3 Å². The number of guanidine groups is 1. The summed E-state index contributed by atoms with van der Waals surface area (Å²) in [6.45, 7) is 5.11. The zero-order valence-electron chi connectivity index (χ0n) is 17.0. The van der Waals surface area contributed by atoms with Crippen molar-refractivity contribution in [1.82, 2.24) is 15.5 Å². The Morgan fingerprint density at radius 2 is 1.63 bits per heavy atom. The molecule has 0 amide bonds. The van der Waals surface area contributed by atoms with E-state index in [9.17, 15) is 0 Å². The first-order valence-corrected chi connectivity index (χ1v) is 9.08. The SMILES string of the molecule is CN=C(NCCCOc1ccc(OC)cc1)NCCN(C)CCCOC.I. The molecule has 1 rings (SSSR count). The van der Waals surface area contributed by atoms with E-state index in [2.05, 4.69) is 27.6 Å². The highest BCUT2D eigenvalue weighted by Crippen LogP contribution is 2.16. The quantitative estimate of drug-likeness (QED) is 0.190. The van der Waals surface area contributed by atoms with Crippen LogP contribution in [0.25, 0.3) is 0 Å². The van der Waals surface area contributed by atoms with Crippen LogP contribution >= 0.6 is 24.0 Å². The number of likely N-dealkylation sites (N-methyl/N-ethyl adjacent to an activating group) is 1. The van der Waals surface area contributed by atoms with Gasteiger partial charge in [0.2, 0.25) is 0 Å². The van der Waals surface area contributed by atoms with Crippen molar-refractivity contribution in [3.63, 3.8) is 0 Å². The Kier molecular flexibility index (Phi) is 16.1. The van der Waals surface area contributed by atoms with Crippen LogP contribution in [0.2, 0.25) is 0 Å². The lowest BCUT2D eigenvalue weighted by Gasteiger charge is -2.18. The molecular formula is C19H35IN4O3. The largest absolute Gasteiger partial charge is 0.497 e. The van der Waals surface area contributed by atoms with Gasteiger partial charge in [-0.3, -0.25) is 4.99 Å². The van der Waals surface area contributed by atoms with Crippen LogP contribution in [-0.4, -0.2) is 78.6 Å². The molecule has 0 aliphatic heterocycles. The molecule has 0 atom stereocenters. The summed E-state index contributed by atoms with van der Waals surface area (Å²) in [5.74, 6) is 2.50. The number of hydrogen-bond donors (Lipinski definition) is 2. The maximum Gasteiger partial charge on any atom is 0.191 e. The van der Waals surface area contributed by atoms with Gasteiger partial charge < -0.3 is 29.7 Å². The summed E-state index contributed by atoms with van der Waals surface area (Å²) in [6, 6.07) is 7.61. The summed E-state index contributed by atoms with van der Waals surface area (Å²) in [5.41, 5.74) is 0. The zero-order valence-corrected chi connectivity index (χ0v) is 19.3. The Hall–Kier alpha value is -1.26. The van der Waals surface area contributed by atoms with E-state index >= 15 is 0 Å². The van der Waals surface area contributed by atoms with Crippen LogP contribution in [0.3, 0.4) is 0 Å². The molecule has 0 aromatic heterocycles.